The summed E-state index contributed by atoms with van der Waals surface area (Å²) in [6, 6.07) is 8.33. The van der Waals surface area contributed by atoms with Crippen LogP contribution < -0.4 is 5.32 Å². The maximum atomic E-state index is 12.4. The predicted octanol–water partition coefficient (Wildman–Crippen LogP) is 2.19. The Bertz CT molecular complexity index is 623. The molecule has 0 aromatic heterocycles. The SMILES string of the molecule is CC1CCc2ccccc2C1NC(=O)CCC(=O)N1CCC(O)CC1. The number of hydrogen-bond donors (Lipinski definition) is 2. The molecule has 3 rings (SSSR count). The number of aryl methyl sites for hydroxylation is 1. The summed E-state index contributed by atoms with van der Waals surface area (Å²) in [5, 5.41) is 12.7. The van der Waals surface area contributed by atoms with Crippen LogP contribution in [0.15, 0.2) is 24.3 Å². The van der Waals surface area contributed by atoms with Gasteiger partial charge in [0.25, 0.3) is 0 Å². The van der Waals surface area contributed by atoms with Crippen molar-refractivity contribution in [2.75, 3.05) is 13.1 Å². The van der Waals surface area contributed by atoms with Crippen LogP contribution in [-0.4, -0.2) is 41.0 Å². The maximum Gasteiger partial charge on any atom is 0.223 e. The van der Waals surface area contributed by atoms with Crippen LogP contribution in [0.2, 0.25) is 0 Å². The summed E-state index contributed by atoms with van der Waals surface area (Å²) in [6.07, 6.45) is 3.57. The first kappa shape index (κ1) is 17.9. The van der Waals surface area contributed by atoms with Gasteiger partial charge in [0.2, 0.25) is 11.8 Å². The molecule has 5 nitrogen and oxygen atoms in total. The van der Waals surface area contributed by atoms with Crippen molar-refractivity contribution in [3.63, 3.8) is 0 Å². The van der Waals surface area contributed by atoms with Crippen molar-refractivity contribution in [2.45, 2.75) is 57.6 Å². The molecule has 2 aliphatic rings. The molecule has 0 spiro atoms. The summed E-state index contributed by atoms with van der Waals surface area (Å²) in [5.41, 5.74) is 2.53. The first-order chi connectivity index (χ1) is 12.0. The van der Waals surface area contributed by atoms with E-state index in [1.54, 1.807) is 4.90 Å². The second kappa shape index (κ2) is 8.00. The molecule has 1 saturated heterocycles. The maximum absolute atomic E-state index is 12.4. The van der Waals surface area contributed by atoms with Crippen LogP contribution in [0.4, 0.5) is 0 Å². The van der Waals surface area contributed by atoms with Gasteiger partial charge in [0.15, 0.2) is 0 Å². The Hall–Kier alpha value is -1.88. The monoisotopic (exact) mass is 344 g/mol. The molecule has 25 heavy (non-hydrogen) atoms. The Balaban J connectivity index is 1.52. The zero-order chi connectivity index (χ0) is 17.8. The molecule has 0 bridgehead atoms. The summed E-state index contributed by atoms with van der Waals surface area (Å²) >= 11 is 0. The van der Waals surface area contributed by atoms with E-state index in [1.165, 1.54) is 11.1 Å². The van der Waals surface area contributed by atoms with Gasteiger partial charge < -0.3 is 15.3 Å². The van der Waals surface area contributed by atoms with Crippen LogP contribution in [0.1, 0.15) is 56.2 Å². The van der Waals surface area contributed by atoms with Crippen molar-refractivity contribution in [1.29, 1.82) is 0 Å². The zero-order valence-corrected chi connectivity index (χ0v) is 14.9. The smallest absolute Gasteiger partial charge is 0.223 e. The highest BCUT2D eigenvalue weighted by Gasteiger charge is 2.28. The van der Waals surface area contributed by atoms with Crippen LogP contribution in [0.5, 0.6) is 0 Å². The van der Waals surface area contributed by atoms with Gasteiger partial charge in [-0.2, -0.15) is 0 Å². The summed E-state index contributed by atoms with van der Waals surface area (Å²) in [4.78, 5) is 26.4. The summed E-state index contributed by atoms with van der Waals surface area (Å²) in [6.45, 7) is 3.36. The van der Waals surface area contributed by atoms with E-state index in [1.807, 2.05) is 12.1 Å². The number of fused-ring (bicyclic) bond motifs is 1. The van der Waals surface area contributed by atoms with Gasteiger partial charge in [0.1, 0.15) is 0 Å². The minimum absolute atomic E-state index is 0.0131. The van der Waals surface area contributed by atoms with Gasteiger partial charge in [-0.25, -0.2) is 0 Å². The summed E-state index contributed by atoms with van der Waals surface area (Å²) in [7, 11) is 0. The van der Waals surface area contributed by atoms with Crippen LogP contribution in [-0.2, 0) is 16.0 Å². The molecule has 1 aliphatic heterocycles. The molecule has 1 heterocycles. The number of aliphatic hydroxyl groups is 1. The van der Waals surface area contributed by atoms with Crippen LogP contribution in [0, 0.1) is 5.92 Å². The number of piperidine rings is 1. The minimum atomic E-state index is -0.291. The molecule has 1 aliphatic carbocycles. The molecule has 2 amide bonds. The number of nitrogens with one attached hydrogen (secondary N) is 1. The molecular formula is C20H28N2O3. The van der Waals surface area contributed by atoms with E-state index >= 15 is 0 Å². The average Bonchev–Trinajstić information content (AvgIpc) is 2.63. The second-order valence-electron chi connectivity index (χ2n) is 7.37. The fourth-order valence-electron chi connectivity index (χ4n) is 3.88. The highest BCUT2D eigenvalue weighted by Crippen LogP contribution is 2.34. The number of carbonyl (C=O) groups excluding carboxylic acids is 2. The first-order valence-electron chi connectivity index (χ1n) is 9.37. The third kappa shape index (κ3) is 4.40. The van der Waals surface area contributed by atoms with E-state index in [0.29, 0.717) is 31.8 Å². The molecule has 0 saturated carbocycles. The fraction of sp³-hybridized carbons (Fsp3) is 0.600. The molecule has 5 heteroatoms. The van der Waals surface area contributed by atoms with Crippen LogP contribution >= 0.6 is 0 Å². The Labute approximate surface area is 149 Å². The van der Waals surface area contributed by atoms with Crippen molar-refractivity contribution in [2.24, 2.45) is 5.92 Å². The third-order valence-electron chi connectivity index (χ3n) is 5.53. The lowest BCUT2D eigenvalue weighted by molar-refractivity contribution is -0.135. The lowest BCUT2D eigenvalue weighted by atomic mass is 9.80. The van der Waals surface area contributed by atoms with E-state index in [-0.39, 0.29) is 36.8 Å². The second-order valence-corrected chi connectivity index (χ2v) is 7.37. The number of aliphatic hydroxyl groups excluding tert-OH is 1. The van der Waals surface area contributed by atoms with Crippen LogP contribution in [0.25, 0.3) is 0 Å². The number of nitrogens with zero attached hydrogens (tertiary/aromatic N) is 1. The Kier molecular flexibility index (Phi) is 5.74. The lowest BCUT2D eigenvalue weighted by Crippen LogP contribution is -2.41. The fourth-order valence-corrected chi connectivity index (χ4v) is 3.88. The average molecular weight is 344 g/mol. The number of rotatable bonds is 4. The van der Waals surface area contributed by atoms with Crippen molar-refractivity contribution in [3.05, 3.63) is 35.4 Å². The molecule has 2 unspecified atom stereocenters. The van der Waals surface area contributed by atoms with Gasteiger partial charge in [-0.3, -0.25) is 9.59 Å². The standard InChI is InChI=1S/C20H28N2O3/c1-14-6-7-15-4-2-3-5-17(15)20(14)21-18(24)8-9-19(25)22-12-10-16(23)11-13-22/h2-5,14,16,20,23H,6-13H2,1H3,(H,21,24). The summed E-state index contributed by atoms with van der Waals surface area (Å²) in [5.74, 6) is 0.358. The normalized spacial score (nSPS) is 23.8. The van der Waals surface area contributed by atoms with E-state index in [4.69, 9.17) is 0 Å². The third-order valence-corrected chi connectivity index (χ3v) is 5.53. The molecule has 2 atom stereocenters. The lowest BCUT2D eigenvalue weighted by Gasteiger charge is -2.32. The zero-order valence-electron chi connectivity index (χ0n) is 14.9. The van der Waals surface area contributed by atoms with Gasteiger partial charge in [0, 0.05) is 25.9 Å². The highest BCUT2D eigenvalue weighted by molar-refractivity contribution is 5.84. The quantitative estimate of drug-likeness (QED) is 0.880. The largest absolute Gasteiger partial charge is 0.393 e. The highest BCUT2D eigenvalue weighted by atomic mass is 16.3. The number of likely N-dealkylation sites (tertiary alicyclic amines) is 1. The Morgan fingerprint density at radius 1 is 1.16 bits per heavy atom. The molecule has 2 N–H and O–H groups in total. The molecule has 0 radical (unpaired) electrons. The van der Waals surface area contributed by atoms with Gasteiger partial charge in [0.05, 0.1) is 12.1 Å². The van der Waals surface area contributed by atoms with Gasteiger partial charge >= 0.3 is 0 Å². The van der Waals surface area contributed by atoms with Crippen molar-refractivity contribution < 1.29 is 14.7 Å². The number of hydrogen-bond acceptors (Lipinski definition) is 3. The van der Waals surface area contributed by atoms with Crippen molar-refractivity contribution in [3.8, 4) is 0 Å². The van der Waals surface area contributed by atoms with Crippen LogP contribution in [0.3, 0.4) is 0 Å². The minimum Gasteiger partial charge on any atom is -0.393 e. The molecule has 136 valence electrons. The van der Waals surface area contributed by atoms with E-state index in [0.717, 1.165) is 12.8 Å². The number of benzene rings is 1. The molecule has 1 fully saturated rings. The number of amides is 2. The summed E-state index contributed by atoms with van der Waals surface area (Å²) < 4.78 is 0. The van der Waals surface area contributed by atoms with E-state index in [2.05, 4.69) is 24.4 Å². The van der Waals surface area contributed by atoms with E-state index < -0.39 is 0 Å². The van der Waals surface area contributed by atoms with Gasteiger partial charge in [-0.05, 0) is 42.7 Å². The molecule has 1 aromatic carbocycles. The molecule has 1 aromatic rings. The van der Waals surface area contributed by atoms with E-state index in [9.17, 15) is 14.7 Å². The Morgan fingerprint density at radius 2 is 1.88 bits per heavy atom. The predicted molar refractivity (Wildman–Crippen MR) is 95.9 cm³/mol. The van der Waals surface area contributed by atoms with Crippen molar-refractivity contribution >= 4 is 11.8 Å². The topological polar surface area (TPSA) is 69.6 Å². The van der Waals surface area contributed by atoms with Gasteiger partial charge in [-0.15, -0.1) is 0 Å². The first-order valence-corrected chi connectivity index (χ1v) is 9.37. The van der Waals surface area contributed by atoms with Gasteiger partial charge in [-0.1, -0.05) is 31.2 Å². The molecular weight excluding hydrogens is 316 g/mol. The van der Waals surface area contributed by atoms with Crippen molar-refractivity contribution in [1.82, 2.24) is 10.2 Å². The Morgan fingerprint density at radius 3 is 2.64 bits per heavy atom. The number of carbonyl (C=O) groups is 2.